The van der Waals surface area contributed by atoms with Crippen LogP contribution >= 0.6 is 0 Å². The molecule has 1 atom stereocenters. The average Bonchev–Trinajstić information content (AvgIpc) is 2.90. The Bertz CT molecular complexity index is 589. The van der Waals surface area contributed by atoms with Crippen molar-refractivity contribution in [2.24, 2.45) is 0 Å². The van der Waals surface area contributed by atoms with E-state index in [1.54, 1.807) is 0 Å². The number of aromatic nitrogens is 2. The van der Waals surface area contributed by atoms with Crippen molar-refractivity contribution in [3.63, 3.8) is 0 Å². The van der Waals surface area contributed by atoms with Crippen molar-refractivity contribution in [3.05, 3.63) is 30.1 Å². The van der Waals surface area contributed by atoms with Gasteiger partial charge < -0.3 is 10.3 Å². The van der Waals surface area contributed by atoms with Gasteiger partial charge in [0.25, 0.3) is 0 Å². The highest BCUT2D eigenvalue weighted by atomic mass is 16.2. The minimum Gasteiger partial charge on any atom is -0.354 e. The third-order valence-electron chi connectivity index (χ3n) is 4.17. The Labute approximate surface area is 124 Å². The standard InChI is InChI=1S/C16H22N4O/c1-20-11-5-4-8-14(20)16(21)17-10-9-15-18-12-6-2-3-7-13(12)19-15/h2-3,6-7,14H,4-5,8-11H2,1H3,(H,17,21)(H,18,19). The highest BCUT2D eigenvalue weighted by Crippen LogP contribution is 2.15. The van der Waals surface area contributed by atoms with Gasteiger partial charge >= 0.3 is 0 Å². The minimum absolute atomic E-state index is 0.0365. The lowest BCUT2D eigenvalue weighted by Gasteiger charge is -2.31. The monoisotopic (exact) mass is 286 g/mol. The number of carbonyl (C=O) groups excluding carboxylic acids is 1. The van der Waals surface area contributed by atoms with Crippen LogP contribution in [-0.2, 0) is 11.2 Å². The first-order valence-corrected chi connectivity index (χ1v) is 7.65. The fourth-order valence-electron chi connectivity index (χ4n) is 2.95. The van der Waals surface area contributed by atoms with E-state index in [9.17, 15) is 4.79 Å². The molecule has 5 heteroatoms. The van der Waals surface area contributed by atoms with E-state index in [-0.39, 0.29) is 11.9 Å². The summed E-state index contributed by atoms with van der Waals surface area (Å²) in [5.41, 5.74) is 2.02. The van der Waals surface area contributed by atoms with Gasteiger partial charge in [-0.05, 0) is 38.6 Å². The van der Waals surface area contributed by atoms with Crippen LogP contribution in [0.1, 0.15) is 25.1 Å². The Balaban J connectivity index is 1.52. The molecule has 112 valence electrons. The van der Waals surface area contributed by atoms with Gasteiger partial charge in [0.1, 0.15) is 5.82 Å². The number of nitrogens with zero attached hydrogens (tertiary/aromatic N) is 2. The van der Waals surface area contributed by atoms with Crippen molar-refractivity contribution in [1.82, 2.24) is 20.2 Å². The number of aromatic amines is 1. The molecule has 3 rings (SSSR count). The lowest BCUT2D eigenvalue weighted by atomic mass is 10.0. The zero-order valence-corrected chi connectivity index (χ0v) is 12.4. The maximum absolute atomic E-state index is 12.2. The number of piperidine rings is 1. The molecule has 2 heterocycles. The molecule has 0 saturated carbocycles. The van der Waals surface area contributed by atoms with Gasteiger partial charge in [0, 0.05) is 13.0 Å². The summed E-state index contributed by atoms with van der Waals surface area (Å²) in [4.78, 5) is 22.1. The van der Waals surface area contributed by atoms with Gasteiger partial charge in [-0.3, -0.25) is 9.69 Å². The first-order chi connectivity index (χ1) is 10.2. The summed E-state index contributed by atoms with van der Waals surface area (Å²) in [6.45, 7) is 1.64. The number of amides is 1. The fraction of sp³-hybridized carbons (Fsp3) is 0.500. The summed E-state index contributed by atoms with van der Waals surface area (Å²) >= 11 is 0. The molecular weight excluding hydrogens is 264 g/mol. The van der Waals surface area contributed by atoms with Gasteiger partial charge in [-0.1, -0.05) is 18.6 Å². The fourth-order valence-corrected chi connectivity index (χ4v) is 2.95. The van der Waals surface area contributed by atoms with Crippen LogP contribution in [-0.4, -0.2) is 47.0 Å². The second-order valence-electron chi connectivity index (χ2n) is 5.73. The van der Waals surface area contributed by atoms with E-state index in [1.807, 2.05) is 31.3 Å². The number of hydrogen-bond acceptors (Lipinski definition) is 3. The third kappa shape index (κ3) is 3.24. The highest BCUT2D eigenvalue weighted by molar-refractivity contribution is 5.81. The second-order valence-corrected chi connectivity index (χ2v) is 5.73. The van der Waals surface area contributed by atoms with Crippen LogP contribution < -0.4 is 5.32 Å². The molecule has 0 radical (unpaired) electrons. The summed E-state index contributed by atoms with van der Waals surface area (Å²) < 4.78 is 0. The molecule has 0 bridgehead atoms. The second kappa shape index (κ2) is 6.26. The molecule has 0 aliphatic carbocycles. The van der Waals surface area contributed by atoms with Crippen LogP contribution in [0, 0.1) is 0 Å². The largest absolute Gasteiger partial charge is 0.354 e. The summed E-state index contributed by atoms with van der Waals surface area (Å²) in [5.74, 6) is 1.07. The summed E-state index contributed by atoms with van der Waals surface area (Å²) in [5, 5.41) is 3.04. The van der Waals surface area contributed by atoms with Gasteiger partial charge in [-0.2, -0.15) is 0 Å². The number of hydrogen-bond donors (Lipinski definition) is 2. The lowest BCUT2D eigenvalue weighted by molar-refractivity contribution is -0.126. The Morgan fingerprint density at radius 1 is 1.43 bits per heavy atom. The highest BCUT2D eigenvalue weighted by Gasteiger charge is 2.25. The van der Waals surface area contributed by atoms with Crippen molar-refractivity contribution in [1.29, 1.82) is 0 Å². The van der Waals surface area contributed by atoms with Crippen molar-refractivity contribution >= 4 is 16.9 Å². The third-order valence-corrected chi connectivity index (χ3v) is 4.17. The van der Waals surface area contributed by atoms with Gasteiger partial charge in [-0.25, -0.2) is 4.98 Å². The Morgan fingerprint density at radius 2 is 2.29 bits per heavy atom. The number of likely N-dealkylation sites (tertiary alicyclic amines) is 1. The number of para-hydroxylation sites is 2. The predicted molar refractivity (Wildman–Crippen MR) is 83.1 cm³/mol. The van der Waals surface area contributed by atoms with Crippen LogP contribution in [0.5, 0.6) is 0 Å². The van der Waals surface area contributed by atoms with Crippen molar-refractivity contribution in [2.45, 2.75) is 31.7 Å². The SMILES string of the molecule is CN1CCCCC1C(=O)NCCc1nc2ccccc2[nH]1. The van der Waals surface area contributed by atoms with E-state index in [2.05, 4.69) is 20.2 Å². The number of imidazole rings is 1. The molecule has 1 amide bonds. The molecule has 0 spiro atoms. The van der Waals surface area contributed by atoms with E-state index in [4.69, 9.17) is 0 Å². The van der Waals surface area contributed by atoms with Crippen LogP contribution in [0.4, 0.5) is 0 Å². The molecule has 1 fully saturated rings. The number of likely N-dealkylation sites (N-methyl/N-ethyl adjacent to an activating group) is 1. The molecule has 2 N–H and O–H groups in total. The quantitative estimate of drug-likeness (QED) is 0.899. The number of H-pyrrole nitrogens is 1. The zero-order chi connectivity index (χ0) is 14.7. The van der Waals surface area contributed by atoms with Crippen molar-refractivity contribution in [2.75, 3.05) is 20.1 Å². The normalized spacial score (nSPS) is 19.8. The molecule has 1 unspecified atom stereocenters. The van der Waals surface area contributed by atoms with E-state index >= 15 is 0 Å². The van der Waals surface area contributed by atoms with Crippen LogP contribution in [0.15, 0.2) is 24.3 Å². The Morgan fingerprint density at radius 3 is 3.10 bits per heavy atom. The molecule has 1 aromatic heterocycles. The summed E-state index contributed by atoms with van der Waals surface area (Å²) in [6, 6.07) is 8.01. The van der Waals surface area contributed by atoms with Gasteiger partial charge in [-0.15, -0.1) is 0 Å². The maximum atomic E-state index is 12.2. The Kier molecular flexibility index (Phi) is 4.20. The molecule has 1 saturated heterocycles. The number of fused-ring (bicyclic) bond motifs is 1. The van der Waals surface area contributed by atoms with E-state index in [1.165, 1.54) is 6.42 Å². The Hall–Kier alpha value is -1.88. The van der Waals surface area contributed by atoms with Gasteiger partial charge in [0.05, 0.1) is 17.1 Å². The van der Waals surface area contributed by atoms with E-state index in [0.717, 1.165) is 42.7 Å². The first-order valence-electron chi connectivity index (χ1n) is 7.65. The number of carbonyl (C=O) groups is 1. The lowest BCUT2D eigenvalue weighted by Crippen LogP contribution is -2.47. The first kappa shape index (κ1) is 14.1. The maximum Gasteiger partial charge on any atom is 0.237 e. The smallest absolute Gasteiger partial charge is 0.237 e. The average molecular weight is 286 g/mol. The van der Waals surface area contributed by atoms with Crippen molar-refractivity contribution in [3.8, 4) is 0 Å². The molecule has 5 nitrogen and oxygen atoms in total. The van der Waals surface area contributed by atoms with E-state index < -0.39 is 0 Å². The van der Waals surface area contributed by atoms with Crippen LogP contribution in [0.3, 0.4) is 0 Å². The zero-order valence-electron chi connectivity index (χ0n) is 12.4. The molecule has 1 aliphatic rings. The number of nitrogens with one attached hydrogen (secondary N) is 2. The number of rotatable bonds is 4. The topological polar surface area (TPSA) is 61.0 Å². The summed E-state index contributed by atoms with van der Waals surface area (Å²) in [6.07, 6.45) is 4.04. The van der Waals surface area contributed by atoms with Gasteiger partial charge in [0.15, 0.2) is 0 Å². The van der Waals surface area contributed by atoms with Crippen LogP contribution in [0.2, 0.25) is 0 Å². The molecule has 2 aromatic rings. The predicted octanol–water partition coefficient (Wildman–Crippen LogP) is 1.71. The van der Waals surface area contributed by atoms with Crippen LogP contribution in [0.25, 0.3) is 11.0 Å². The van der Waals surface area contributed by atoms with Crippen molar-refractivity contribution < 1.29 is 4.79 Å². The minimum atomic E-state index is 0.0365. The van der Waals surface area contributed by atoms with Gasteiger partial charge in [0.2, 0.25) is 5.91 Å². The number of benzene rings is 1. The van der Waals surface area contributed by atoms with E-state index in [0.29, 0.717) is 6.54 Å². The molecule has 21 heavy (non-hydrogen) atoms. The molecule has 1 aromatic carbocycles. The summed E-state index contributed by atoms with van der Waals surface area (Å²) in [7, 11) is 2.03. The molecule has 1 aliphatic heterocycles. The molecular formula is C16H22N4O.